The van der Waals surface area contributed by atoms with Crippen molar-refractivity contribution in [1.29, 1.82) is 0 Å². The van der Waals surface area contributed by atoms with Crippen LogP contribution in [0.2, 0.25) is 0 Å². The van der Waals surface area contributed by atoms with Gasteiger partial charge in [0.15, 0.2) is 0 Å². The Labute approximate surface area is 108 Å². The molecule has 0 saturated heterocycles. The van der Waals surface area contributed by atoms with E-state index in [0.717, 1.165) is 38.5 Å². The third kappa shape index (κ3) is 5.79. The van der Waals surface area contributed by atoms with Crippen LogP contribution >= 0.6 is 0 Å². The Hall–Kier alpha value is -0.660. The first-order valence-corrected chi connectivity index (χ1v) is 7.96. The molecule has 0 aromatic heterocycles. The zero-order valence-electron chi connectivity index (χ0n) is 10.5. The highest BCUT2D eigenvalue weighted by molar-refractivity contribution is 7.89. The van der Waals surface area contributed by atoms with Crippen molar-refractivity contribution >= 4 is 16.0 Å². The molecule has 0 bridgehead atoms. The smallest absolute Gasteiger partial charge is 0.304 e. The van der Waals surface area contributed by atoms with Gasteiger partial charge in [0.05, 0.1) is 12.2 Å². The van der Waals surface area contributed by atoms with Gasteiger partial charge in [0, 0.05) is 12.1 Å². The van der Waals surface area contributed by atoms with Crippen molar-refractivity contribution in [1.82, 2.24) is 4.72 Å². The maximum Gasteiger partial charge on any atom is 0.304 e. The summed E-state index contributed by atoms with van der Waals surface area (Å²) in [5.41, 5.74) is 5.70. The summed E-state index contributed by atoms with van der Waals surface area (Å²) in [4.78, 5) is 10.3. The van der Waals surface area contributed by atoms with Crippen molar-refractivity contribution < 1.29 is 18.3 Å². The van der Waals surface area contributed by atoms with Gasteiger partial charge in [-0.05, 0) is 12.8 Å². The fourth-order valence-electron chi connectivity index (χ4n) is 2.16. The van der Waals surface area contributed by atoms with Gasteiger partial charge in [0.25, 0.3) is 0 Å². The molecule has 0 heterocycles. The molecule has 1 aliphatic rings. The van der Waals surface area contributed by atoms with Gasteiger partial charge in [-0.1, -0.05) is 25.7 Å². The predicted octanol–water partition coefficient (Wildman–Crippen LogP) is 0.432. The molecule has 0 aromatic rings. The van der Waals surface area contributed by atoms with Crippen LogP contribution in [0.5, 0.6) is 0 Å². The summed E-state index contributed by atoms with van der Waals surface area (Å²) in [5, 5.41) is 8.46. The SMILES string of the molecule is NC1(CNS(=O)(=O)CCC(=O)O)CCCCCC1. The second-order valence-electron chi connectivity index (χ2n) is 5.06. The highest BCUT2D eigenvalue weighted by Gasteiger charge is 2.27. The Kier molecular flexibility index (Phi) is 5.55. The van der Waals surface area contributed by atoms with E-state index < -0.39 is 27.3 Å². The summed E-state index contributed by atoms with van der Waals surface area (Å²) in [6, 6.07) is 0. The molecule has 0 atom stereocenters. The van der Waals surface area contributed by atoms with E-state index in [1.165, 1.54) is 0 Å². The first-order chi connectivity index (χ1) is 8.33. The molecule has 106 valence electrons. The Morgan fingerprint density at radius 3 is 2.28 bits per heavy atom. The Morgan fingerprint density at radius 1 is 1.22 bits per heavy atom. The lowest BCUT2D eigenvalue weighted by molar-refractivity contribution is -0.136. The van der Waals surface area contributed by atoms with Gasteiger partial charge in [-0.2, -0.15) is 0 Å². The normalized spacial score (nSPS) is 20.3. The molecular formula is C11H22N2O4S. The van der Waals surface area contributed by atoms with Crippen LogP contribution in [-0.2, 0) is 14.8 Å². The quantitative estimate of drug-likeness (QED) is 0.610. The van der Waals surface area contributed by atoms with Gasteiger partial charge in [-0.25, -0.2) is 13.1 Å². The molecule has 1 aliphatic carbocycles. The number of nitrogens with two attached hydrogens (primary N) is 1. The number of hydrogen-bond acceptors (Lipinski definition) is 4. The number of hydrogen-bond donors (Lipinski definition) is 3. The van der Waals surface area contributed by atoms with Crippen molar-refractivity contribution in [3.8, 4) is 0 Å². The molecule has 7 heteroatoms. The lowest BCUT2D eigenvalue weighted by Gasteiger charge is -2.28. The summed E-state index contributed by atoms with van der Waals surface area (Å²) in [6.45, 7) is 0.203. The number of carbonyl (C=O) groups is 1. The topological polar surface area (TPSA) is 109 Å². The molecule has 0 amide bonds. The molecule has 4 N–H and O–H groups in total. The van der Waals surface area contributed by atoms with Crippen molar-refractivity contribution in [3.63, 3.8) is 0 Å². The second kappa shape index (κ2) is 6.49. The van der Waals surface area contributed by atoms with Crippen LogP contribution in [0.25, 0.3) is 0 Å². The maximum absolute atomic E-state index is 11.6. The molecule has 6 nitrogen and oxygen atoms in total. The number of rotatable bonds is 6. The fraction of sp³-hybridized carbons (Fsp3) is 0.909. The van der Waals surface area contributed by atoms with Gasteiger partial charge in [-0.3, -0.25) is 4.79 Å². The fourth-order valence-corrected chi connectivity index (χ4v) is 3.25. The van der Waals surface area contributed by atoms with Gasteiger partial charge < -0.3 is 10.8 Å². The highest BCUT2D eigenvalue weighted by atomic mass is 32.2. The average Bonchev–Trinajstić information content (AvgIpc) is 2.50. The maximum atomic E-state index is 11.6. The van der Waals surface area contributed by atoms with E-state index >= 15 is 0 Å². The van der Waals surface area contributed by atoms with E-state index in [2.05, 4.69) is 4.72 Å². The van der Waals surface area contributed by atoms with Gasteiger partial charge >= 0.3 is 5.97 Å². The van der Waals surface area contributed by atoms with E-state index in [-0.39, 0.29) is 13.0 Å². The lowest BCUT2D eigenvalue weighted by Crippen LogP contribution is -2.50. The zero-order chi connectivity index (χ0) is 13.6. The van der Waals surface area contributed by atoms with Crippen molar-refractivity contribution in [2.75, 3.05) is 12.3 Å². The molecule has 1 fully saturated rings. The van der Waals surface area contributed by atoms with Crippen LogP contribution in [-0.4, -0.2) is 37.3 Å². The number of aliphatic carboxylic acids is 1. The average molecular weight is 278 g/mol. The second-order valence-corrected chi connectivity index (χ2v) is 6.99. The largest absolute Gasteiger partial charge is 0.481 e. The minimum Gasteiger partial charge on any atom is -0.481 e. The highest BCUT2D eigenvalue weighted by Crippen LogP contribution is 2.24. The van der Waals surface area contributed by atoms with Gasteiger partial charge in [-0.15, -0.1) is 0 Å². The van der Waals surface area contributed by atoms with Crippen LogP contribution in [0.4, 0.5) is 0 Å². The van der Waals surface area contributed by atoms with Crippen LogP contribution < -0.4 is 10.5 Å². The van der Waals surface area contributed by atoms with Gasteiger partial charge in [0.1, 0.15) is 0 Å². The van der Waals surface area contributed by atoms with Crippen LogP contribution in [0.1, 0.15) is 44.9 Å². The molecular weight excluding hydrogens is 256 g/mol. The lowest BCUT2D eigenvalue weighted by atomic mass is 9.92. The molecule has 0 aliphatic heterocycles. The number of carboxylic acid groups (broad SMARTS) is 1. The third-order valence-electron chi connectivity index (χ3n) is 3.33. The Bertz CT molecular complexity index is 373. The third-order valence-corrected chi connectivity index (χ3v) is 4.65. The summed E-state index contributed by atoms with van der Waals surface area (Å²) in [5.74, 6) is -1.50. The number of nitrogens with one attached hydrogen (secondary N) is 1. The van der Waals surface area contributed by atoms with E-state index in [1.54, 1.807) is 0 Å². The minimum atomic E-state index is -3.54. The molecule has 1 rings (SSSR count). The van der Waals surface area contributed by atoms with E-state index in [1.807, 2.05) is 0 Å². The first-order valence-electron chi connectivity index (χ1n) is 6.31. The number of carboxylic acids is 1. The monoisotopic (exact) mass is 278 g/mol. The molecule has 18 heavy (non-hydrogen) atoms. The van der Waals surface area contributed by atoms with Crippen LogP contribution in [0, 0.1) is 0 Å². The summed E-state index contributed by atoms with van der Waals surface area (Å²) >= 11 is 0. The molecule has 0 radical (unpaired) electrons. The predicted molar refractivity (Wildman–Crippen MR) is 68.7 cm³/mol. The van der Waals surface area contributed by atoms with E-state index in [9.17, 15) is 13.2 Å². The van der Waals surface area contributed by atoms with Crippen molar-refractivity contribution in [3.05, 3.63) is 0 Å². The van der Waals surface area contributed by atoms with Crippen LogP contribution in [0.3, 0.4) is 0 Å². The van der Waals surface area contributed by atoms with E-state index in [0.29, 0.717) is 0 Å². The van der Waals surface area contributed by atoms with Gasteiger partial charge in [0.2, 0.25) is 10.0 Å². The molecule has 0 unspecified atom stereocenters. The van der Waals surface area contributed by atoms with Crippen molar-refractivity contribution in [2.45, 2.75) is 50.5 Å². The zero-order valence-corrected chi connectivity index (χ0v) is 11.3. The molecule has 0 spiro atoms. The minimum absolute atomic E-state index is 0.203. The molecule has 0 aromatic carbocycles. The van der Waals surface area contributed by atoms with E-state index in [4.69, 9.17) is 10.8 Å². The summed E-state index contributed by atoms with van der Waals surface area (Å²) in [6.07, 6.45) is 5.58. The van der Waals surface area contributed by atoms with Crippen LogP contribution in [0.15, 0.2) is 0 Å². The van der Waals surface area contributed by atoms with Crippen molar-refractivity contribution in [2.24, 2.45) is 5.73 Å². The Morgan fingerprint density at radius 2 is 1.78 bits per heavy atom. The standard InChI is InChI=1S/C11H22N2O4S/c12-11(6-3-1-2-4-7-11)9-13-18(16,17)8-5-10(14)15/h13H,1-9,12H2,(H,14,15). The summed E-state index contributed by atoms with van der Waals surface area (Å²) < 4.78 is 25.6. The first kappa shape index (κ1) is 15.4. The molecule has 1 saturated carbocycles. The Balaban J connectivity index is 2.44. The summed E-state index contributed by atoms with van der Waals surface area (Å²) in [7, 11) is -3.54. The number of sulfonamides is 1.